The smallest absolute Gasteiger partial charge is 0.351 e. The Balaban J connectivity index is 2.62. The predicted molar refractivity (Wildman–Crippen MR) is 113 cm³/mol. The molecule has 0 N–H and O–H groups in total. The summed E-state index contributed by atoms with van der Waals surface area (Å²) in [6.07, 6.45) is 0. The van der Waals surface area contributed by atoms with Gasteiger partial charge in [-0.1, -0.05) is 46.4 Å². The molecule has 1 unspecified atom stereocenters. The Morgan fingerprint density at radius 1 is 0.857 bits per heavy atom. The highest BCUT2D eigenvalue weighted by Crippen LogP contribution is 2.53. The normalized spacial score (nSPS) is 14.6. The minimum Gasteiger partial charge on any atom is -0.465 e. The first-order valence-corrected chi connectivity index (χ1v) is 10.2. The molecule has 0 radical (unpaired) electrons. The topological polar surface area (TPSA) is 52.6 Å². The molecule has 1 aliphatic heterocycles. The standard InChI is InChI=1S/C23H24O4S/c1-13(2)18-16-9-7-8-10-17(16)28(21(22(24)26-5)23(25)27-6)20-15(4)12-11-14(3)19(18)20/h7-12H,1-6H3. The first kappa shape index (κ1) is 20.1. The van der Waals surface area contributed by atoms with Gasteiger partial charge in [-0.2, -0.15) is 0 Å². The molecule has 1 atom stereocenters. The average Bonchev–Trinajstić information content (AvgIpc) is 2.69. The lowest BCUT2D eigenvalue weighted by atomic mass is 9.89. The van der Waals surface area contributed by atoms with Crippen molar-refractivity contribution in [2.24, 2.45) is 0 Å². The summed E-state index contributed by atoms with van der Waals surface area (Å²) in [5.41, 5.74) is 6.61. The van der Waals surface area contributed by atoms with Crippen LogP contribution in [0.15, 0.2) is 51.8 Å². The number of aryl methyl sites for hydroxylation is 2. The molecule has 5 heteroatoms. The summed E-state index contributed by atoms with van der Waals surface area (Å²) in [5, 5.41) is 0. The molecule has 0 fully saturated rings. The maximum atomic E-state index is 12.7. The minimum atomic E-state index is -0.918. The number of hydrogen-bond donors (Lipinski definition) is 0. The lowest BCUT2D eigenvalue weighted by molar-refractivity contribution is -0.137. The van der Waals surface area contributed by atoms with Gasteiger partial charge in [0.15, 0.2) is 4.86 Å². The molecule has 0 saturated heterocycles. The SMILES string of the molecule is COC(=O)C(C(=O)OC)=S1c2ccccc2C(=C(C)C)c2c(C)ccc(C)c21. The highest BCUT2D eigenvalue weighted by molar-refractivity contribution is 8.18. The number of hydrogen-bond acceptors (Lipinski definition) is 4. The highest BCUT2D eigenvalue weighted by atomic mass is 32.2. The van der Waals surface area contributed by atoms with Crippen LogP contribution in [0.25, 0.3) is 5.57 Å². The summed E-state index contributed by atoms with van der Waals surface area (Å²) in [7, 11) is 1.66. The zero-order valence-corrected chi connectivity index (χ0v) is 17.8. The summed E-state index contributed by atoms with van der Waals surface area (Å²) in [5.74, 6) is -1.31. The number of methoxy groups -OCH3 is 2. The van der Waals surface area contributed by atoms with Gasteiger partial charge in [0, 0.05) is 9.79 Å². The Morgan fingerprint density at radius 2 is 1.43 bits per heavy atom. The van der Waals surface area contributed by atoms with E-state index in [1.165, 1.54) is 19.8 Å². The molecule has 1 aliphatic rings. The van der Waals surface area contributed by atoms with Crippen LogP contribution in [0, 0.1) is 13.8 Å². The van der Waals surface area contributed by atoms with E-state index in [0.717, 1.165) is 37.6 Å². The van der Waals surface area contributed by atoms with Crippen LogP contribution < -0.4 is 0 Å². The van der Waals surface area contributed by atoms with E-state index in [9.17, 15) is 9.59 Å². The summed E-state index contributed by atoms with van der Waals surface area (Å²) < 4.78 is 9.96. The quantitative estimate of drug-likeness (QED) is 0.359. The summed E-state index contributed by atoms with van der Waals surface area (Å²) in [6, 6.07) is 12.1. The molecular weight excluding hydrogens is 372 g/mol. The van der Waals surface area contributed by atoms with Crippen LogP contribution >= 0.6 is 10.5 Å². The number of rotatable bonds is 2. The van der Waals surface area contributed by atoms with Crippen LogP contribution in [-0.4, -0.2) is 31.0 Å². The van der Waals surface area contributed by atoms with E-state index in [4.69, 9.17) is 9.47 Å². The van der Waals surface area contributed by atoms with Gasteiger partial charge >= 0.3 is 11.9 Å². The first-order chi connectivity index (χ1) is 13.3. The maximum absolute atomic E-state index is 12.7. The molecule has 2 aromatic carbocycles. The Bertz CT molecular complexity index is 1040. The van der Waals surface area contributed by atoms with E-state index in [-0.39, 0.29) is 4.86 Å². The molecule has 0 aliphatic carbocycles. The van der Waals surface area contributed by atoms with E-state index in [1.54, 1.807) is 0 Å². The van der Waals surface area contributed by atoms with Crippen molar-refractivity contribution in [1.29, 1.82) is 0 Å². The predicted octanol–water partition coefficient (Wildman–Crippen LogP) is 4.66. The van der Waals surface area contributed by atoms with Crippen LogP contribution in [0.5, 0.6) is 0 Å². The largest absolute Gasteiger partial charge is 0.465 e. The third kappa shape index (κ3) is 3.10. The van der Waals surface area contributed by atoms with Crippen molar-refractivity contribution in [3.8, 4) is 0 Å². The van der Waals surface area contributed by atoms with Crippen molar-refractivity contribution in [3.63, 3.8) is 0 Å². The van der Waals surface area contributed by atoms with Crippen molar-refractivity contribution in [2.75, 3.05) is 14.2 Å². The number of esters is 2. The van der Waals surface area contributed by atoms with Crippen molar-refractivity contribution in [3.05, 3.63) is 64.2 Å². The molecule has 0 saturated carbocycles. The summed E-state index contributed by atoms with van der Waals surface area (Å²) in [4.78, 5) is 27.3. The Kier molecular flexibility index (Phi) is 5.57. The molecule has 0 aromatic heterocycles. The molecule has 2 aromatic rings. The fourth-order valence-electron chi connectivity index (χ4n) is 3.62. The van der Waals surface area contributed by atoms with Crippen LogP contribution in [-0.2, 0) is 19.1 Å². The van der Waals surface area contributed by atoms with Gasteiger partial charge in [-0.05, 0) is 61.6 Å². The fraction of sp³-hybridized carbons (Fsp3) is 0.261. The highest BCUT2D eigenvalue weighted by Gasteiger charge is 2.34. The number of carbonyl (C=O) groups is 2. The average molecular weight is 397 g/mol. The second kappa shape index (κ2) is 7.76. The summed E-state index contributed by atoms with van der Waals surface area (Å²) in [6.45, 7) is 8.26. The number of ether oxygens (including phenoxy) is 2. The maximum Gasteiger partial charge on any atom is 0.351 e. The van der Waals surface area contributed by atoms with Crippen LogP contribution in [0.4, 0.5) is 0 Å². The first-order valence-electron chi connectivity index (χ1n) is 8.98. The second-order valence-corrected chi connectivity index (χ2v) is 8.76. The van der Waals surface area contributed by atoms with Crippen molar-refractivity contribution in [1.82, 2.24) is 0 Å². The number of allylic oxidation sites excluding steroid dienone is 1. The van der Waals surface area contributed by atoms with Crippen LogP contribution in [0.3, 0.4) is 0 Å². The van der Waals surface area contributed by atoms with Crippen molar-refractivity contribution in [2.45, 2.75) is 37.5 Å². The van der Waals surface area contributed by atoms with E-state index < -0.39 is 22.4 Å². The van der Waals surface area contributed by atoms with Crippen LogP contribution in [0.1, 0.15) is 36.1 Å². The lowest BCUT2D eigenvalue weighted by Gasteiger charge is -2.31. The van der Waals surface area contributed by atoms with Crippen LogP contribution in [0.2, 0.25) is 0 Å². The molecular formula is C23H24O4S. The lowest BCUT2D eigenvalue weighted by Crippen LogP contribution is -2.28. The molecule has 0 bridgehead atoms. The molecule has 3 rings (SSSR count). The zero-order valence-electron chi connectivity index (χ0n) is 17.0. The van der Waals surface area contributed by atoms with Gasteiger partial charge in [-0.15, -0.1) is 0 Å². The monoisotopic (exact) mass is 396 g/mol. The van der Waals surface area contributed by atoms with Gasteiger partial charge in [0.05, 0.1) is 14.2 Å². The Hall–Kier alpha value is -2.66. The molecule has 4 nitrogen and oxygen atoms in total. The van der Waals surface area contributed by atoms with E-state index in [0.29, 0.717) is 0 Å². The third-order valence-corrected chi connectivity index (χ3v) is 7.31. The van der Waals surface area contributed by atoms with Gasteiger partial charge < -0.3 is 9.47 Å². The number of benzene rings is 2. The van der Waals surface area contributed by atoms with Gasteiger partial charge in [0.2, 0.25) is 0 Å². The van der Waals surface area contributed by atoms with E-state index >= 15 is 0 Å². The second-order valence-electron chi connectivity index (χ2n) is 6.89. The number of fused-ring (bicyclic) bond motifs is 2. The molecule has 1 heterocycles. The van der Waals surface area contributed by atoms with Crippen molar-refractivity contribution >= 4 is 32.9 Å². The Labute approximate surface area is 168 Å². The molecule has 28 heavy (non-hydrogen) atoms. The zero-order chi connectivity index (χ0) is 20.6. The Morgan fingerprint density at radius 3 is 2.00 bits per heavy atom. The van der Waals surface area contributed by atoms with Gasteiger partial charge in [-0.3, -0.25) is 0 Å². The molecule has 146 valence electrons. The molecule has 0 spiro atoms. The number of carbonyl (C=O) groups excluding carboxylic acids is 2. The summed E-state index contributed by atoms with van der Waals surface area (Å²) >= 11 is 0. The third-order valence-electron chi connectivity index (χ3n) is 4.84. The minimum absolute atomic E-state index is 0.0280. The fourth-order valence-corrected chi connectivity index (χ4v) is 6.23. The van der Waals surface area contributed by atoms with Gasteiger partial charge in [0.1, 0.15) is 0 Å². The van der Waals surface area contributed by atoms with E-state index in [2.05, 4.69) is 32.9 Å². The van der Waals surface area contributed by atoms with Gasteiger partial charge in [-0.25, -0.2) is 9.59 Å². The molecule has 0 amide bonds. The van der Waals surface area contributed by atoms with Crippen molar-refractivity contribution < 1.29 is 19.1 Å². The van der Waals surface area contributed by atoms with E-state index in [1.807, 2.05) is 31.2 Å². The van der Waals surface area contributed by atoms with Gasteiger partial charge in [0.25, 0.3) is 0 Å².